The van der Waals surface area contributed by atoms with E-state index in [0.717, 1.165) is 24.8 Å². The highest BCUT2D eigenvalue weighted by atomic mass is 127. The van der Waals surface area contributed by atoms with Gasteiger partial charge in [0.2, 0.25) is 0 Å². The van der Waals surface area contributed by atoms with Crippen LogP contribution in [0.4, 0.5) is 0 Å². The van der Waals surface area contributed by atoms with Gasteiger partial charge >= 0.3 is 0 Å². The molecule has 2 heteroatoms. The van der Waals surface area contributed by atoms with Crippen molar-refractivity contribution in [2.75, 3.05) is 0 Å². The van der Waals surface area contributed by atoms with Crippen molar-refractivity contribution in [3.63, 3.8) is 0 Å². The highest BCUT2D eigenvalue weighted by Crippen LogP contribution is 2.26. The maximum Gasteiger partial charge on any atom is 0.159 e. The van der Waals surface area contributed by atoms with Gasteiger partial charge in [0.15, 0.2) is 5.78 Å². The molecule has 14 heavy (non-hydrogen) atoms. The zero-order valence-corrected chi connectivity index (χ0v) is 11.0. The van der Waals surface area contributed by atoms with Gasteiger partial charge in [0.25, 0.3) is 0 Å². The number of hydrogen-bond donors (Lipinski definition) is 0. The van der Waals surface area contributed by atoms with E-state index in [2.05, 4.69) is 48.6 Å². The van der Waals surface area contributed by atoms with Crippen molar-refractivity contribution in [1.82, 2.24) is 0 Å². The molecule has 0 saturated heterocycles. The molecular formula is C12H17IO. The molecule has 0 aromatic rings. The molecule has 0 unspecified atom stereocenters. The maximum atomic E-state index is 11.7. The first-order chi connectivity index (χ1) is 6.61. The monoisotopic (exact) mass is 304 g/mol. The second-order valence-corrected chi connectivity index (χ2v) is 5.59. The van der Waals surface area contributed by atoms with Crippen molar-refractivity contribution in [3.05, 3.63) is 21.3 Å². The highest BCUT2D eigenvalue weighted by molar-refractivity contribution is 14.1. The third kappa shape index (κ3) is 3.56. The molecule has 78 valence electrons. The quantitative estimate of drug-likeness (QED) is 0.717. The number of halogens is 1. The fraction of sp³-hybridized carbons (Fsp3) is 0.583. The Morgan fingerprint density at radius 1 is 1.71 bits per heavy atom. The standard InChI is InChI=1S/C12H17IO/c1-9-5-3-7-11(9)12(14)8-4-6-10(2)13/h6-7,9H,3-5,8H2,1-2H3/b10-6-/t9-/m1/s1. The Morgan fingerprint density at radius 3 is 2.93 bits per heavy atom. The molecular weight excluding hydrogens is 287 g/mol. The Labute approximate surface area is 99.8 Å². The second kappa shape index (κ2) is 5.69. The van der Waals surface area contributed by atoms with Crippen LogP contribution >= 0.6 is 22.6 Å². The second-order valence-electron chi connectivity index (χ2n) is 3.89. The molecule has 0 N–H and O–H groups in total. The lowest BCUT2D eigenvalue weighted by atomic mass is 9.98. The molecule has 1 aliphatic carbocycles. The van der Waals surface area contributed by atoms with Crippen molar-refractivity contribution >= 4 is 28.4 Å². The summed E-state index contributed by atoms with van der Waals surface area (Å²) in [7, 11) is 0. The van der Waals surface area contributed by atoms with Gasteiger partial charge in [0, 0.05) is 6.42 Å². The van der Waals surface area contributed by atoms with E-state index in [-0.39, 0.29) is 0 Å². The van der Waals surface area contributed by atoms with E-state index in [1.807, 2.05) is 0 Å². The fourth-order valence-electron chi connectivity index (χ4n) is 1.78. The van der Waals surface area contributed by atoms with Crippen molar-refractivity contribution < 1.29 is 4.79 Å². The summed E-state index contributed by atoms with van der Waals surface area (Å²) in [5.74, 6) is 0.844. The molecule has 0 heterocycles. The predicted molar refractivity (Wildman–Crippen MR) is 68.5 cm³/mol. The van der Waals surface area contributed by atoms with Crippen LogP contribution in [0.15, 0.2) is 21.3 Å². The summed E-state index contributed by atoms with van der Waals surface area (Å²) in [5, 5.41) is 0. The van der Waals surface area contributed by atoms with E-state index in [0.29, 0.717) is 18.1 Å². The highest BCUT2D eigenvalue weighted by Gasteiger charge is 2.19. The van der Waals surface area contributed by atoms with Crippen LogP contribution in [0.25, 0.3) is 0 Å². The Hall–Kier alpha value is -0.120. The normalized spacial score (nSPS) is 22.4. The van der Waals surface area contributed by atoms with Crippen LogP contribution in [0.5, 0.6) is 0 Å². The predicted octanol–water partition coefficient (Wildman–Crippen LogP) is 4.03. The van der Waals surface area contributed by atoms with E-state index in [4.69, 9.17) is 0 Å². The number of Topliss-reactive ketones (excluding diaryl/α,β-unsaturated/α-hetero) is 1. The van der Waals surface area contributed by atoms with E-state index in [1.54, 1.807) is 0 Å². The van der Waals surface area contributed by atoms with Crippen LogP contribution < -0.4 is 0 Å². The lowest BCUT2D eigenvalue weighted by molar-refractivity contribution is -0.115. The molecule has 0 bridgehead atoms. The van der Waals surface area contributed by atoms with Crippen molar-refractivity contribution in [3.8, 4) is 0 Å². The number of rotatable bonds is 4. The molecule has 0 spiro atoms. The average molecular weight is 304 g/mol. The smallest absolute Gasteiger partial charge is 0.159 e. The van der Waals surface area contributed by atoms with Crippen LogP contribution in [0.2, 0.25) is 0 Å². The van der Waals surface area contributed by atoms with Crippen molar-refractivity contribution in [2.45, 2.75) is 39.5 Å². The first-order valence-electron chi connectivity index (χ1n) is 5.16. The van der Waals surface area contributed by atoms with Crippen LogP contribution in [-0.2, 0) is 4.79 Å². The summed E-state index contributed by atoms with van der Waals surface area (Å²) in [4.78, 5) is 11.7. The van der Waals surface area contributed by atoms with Gasteiger partial charge in [-0.15, -0.1) is 0 Å². The fourth-order valence-corrected chi connectivity index (χ4v) is 2.09. The molecule has 0 fully saturated rings. The van der Waals surface area contributed by atoms with E-state index in [1.165, 1.54) is 3.58 Å². The summed E-state index contributed by atoms with van der Waals surface area (Å²) in [6.45, 7) is 4.21. The minimum Gasteiger partial charge on any atom is -0.295 e. The van der Waals surface area contributed by atoms with Gasteiger partial charge in [-0.3, -0.25) is 4.79 Å². The molecule has 1 rings (SSSR count). The number of carbonyl (C=O) groups is 1. The molecule has 1 nitrogen and oxygen atoms in total. The molecule has 0 amide bonds. The maximum absolute atomic E-state index is 11.7. The zero-order valence-electron chi connectivity index (χ0n) is 8.85. The summed E-state index contributed by atoms with van der Waals surface area (Å²) in [6.07, 6.45) is 8.05. The number of ketones is 1. The molecule has 1 atom stereocenters. The van der Waals surface area contributed by atoms with Crippen LogP contribution in [0, 0.1) is 5.92 Å². The van der Waals surface area contributed by atoms with Gasteiger partial charge in [-0.05, 0) is 63.8 Å². The van der Waals surface area contributed by atoms with Gasteiger partial charge in [-0.25, -0.2) is 0 Å². The summed E-state index contributed by atoms with van der Waals surface area (Å²) < 4.78 is 1.27. The van der Waals surface area contributed by atoms with Gasteiger partial charge in [0.1, 0.15) is 0 Å². The molecule has 1 aliphatic rings. The molecule has 0 aliphatic heterocycles. The van der Waals surface area contributed by atoms with Crippen LogP contribution in [0.1, 0.15) is 39.5 Å². The van der Waals surface area contributed by atoms with Gasteiger partial charge in [-0.2, -0.15) is 0 Å². The van der Waals surface area contributed by atoms with Gasteiger partial charge in [0.05, 0.1) is 0 Å². The Kier molecular flexibility index (Phi) is 4.85. The van der Waals surface area contributed by atoms with Gasteiger partial charge in [-0.1, -0.05) is 19.1 Å². The molecule has 0 aromatic carbocycles. The van der Waals surface area contributed by atoms with Crippen molar-refractivity contribution in [2.24, 2.45) is 5.92 Å². The third-order valence-corrected chi connectivity index (χ3v) is 3.05. The number of carbonyl (C=O) groups excluding carboxylic acids is 1. The first kappa shape index (κ1) is 12.0. The summed E-state index contributed by atoms with van der Waals surface area (Å²) in [6, 6.07) is 0. The first-order valence-corrected chi connectivity index (χ1v) is 6.24. The minimum absolute atomic E-state index is 0.351. The largest absolute Gasteiger partial charge is 0.295 e. The Bertz CT molecular complexity index is 272. The number of allylic oxidation sites excluding steroid dienone is 4. The Morgan fingerprint density at radius 2 is 2.43 bits per heavy atom. The van der Waals surface area contributed by atoms with Crippen molar-refractivity contribution in [1.29, 1.82) is 0 Å². The number of hydrogen-bond acceptors (Lipinski definition) is 1. The topological polar surface area (TPSA) is 17.1 Å². The van der Waals surface area contributed by atoms with E-state index in [9.17, 15) is 4.79 Å². The van der Waals surface area contributed by atoms with E-state index < -0.39 is 0 Å². The Balaban J connectivity index is 2.39. The molecule has 0 aromatic heterocycles. The van der Waals surface area contributed by atoms with Gasteiger partial charge < -0.3 is 0 Å². The van der Waals surface area contributed by atoms with Crippen LogP contribution in [-0.4, -0.2) is 5.78 Å². The lowest BCUT2D eigenvalue weighted by Crippen LogP contribution is -2.06. The SMILES string of the molecule is C/C(I)=C/CCC(=O)C1=CCC[C@H]1C. The average Bonchev–Trinajstić information content (AvgIpc) is 2.50. The summed E-state index contributed by atoms with van der Waals surface area (Å²) in [5.41, 5.74) is 1.07. The van der Waals surface area contributed by atoms with Crippen LogP contribution in [0.3, 0.4) is 0 Å². The molecule has 0 radical (unpaired) electrons. The lowest BCUT2D eigenvalue weighted by Gasteiger charge is -2.06. The minimum atomic E-state index is 0.351. The third-order valence-electron chi connectivity index (χ3n) is 2.61. The molecule has 0 saturated carbocycles. The van der Waals surface area contributed by atoms with E-state index >= 15 is 0 Å². The zero-order chi connectivity index (χ0) is 10.6. The summed E-state index contributed by atoms with van der Waals surface area (Å²) >= 11 is 2.28.